The smallest absolute Gasteiger partial charge is 0.317 e. The number of unbranched alkanes of at least 4 members (excludes halogenated alkanes) is 35. The van der Waals surface area contributed by atoms with Crippen molar-refractivity contribution >= 4 is 11.9 Å². The highest BCUT2D eigenvalue weighted by Gasteiger charge is 1.99. The van der Waals surface area contributed by atoms with E-state index in [0.29, 0.717) is 6.42 Å². The molecule has 5 nitrogen and oxygen atoms in total. The maximum absolute atomic E-state index is 10.5. The predicted octanol–water partition coefficient (Wildman–Crippen LogP) is 13.2. The first-order valence-corrected chi connectivity index (χ1v) is 20.8. The topological polar surface area (TPSA) is 86.6 Å². The van der Waals surface area contributed by atoms with Gasteiger partial charge in [0.05, 0.1) is 6.54 Å². The molecule has 5 heteroatoms. The molecule has 0 aliphatic carbocycles. The summed E-state index contributed by atoms with van der Waals surface area (Å²) >= 11 is 0. The van der Waals surface area contributed by atoms with Crippen molar-refractivity contribution < 1.29 is 19.8 Å². The van der Waals surface area contributed by atoms with Gasteiger partial charge in [0.2, 0.25) is 0 Å². The lowest BCUT2D eigenvalue weighted by atomic mass is 10.0. The molecule has 0 aliphatic heterocycles. The van der Waals surface area contributed by atoms with Gasteiger partial charge in [-0.05, 0) is 19.4 Å². The Balaban J connectivity index is 3.05. The second-order valence-electron chi connectivity index (χ2n) is 14.4. The molecule has 0 aromatic carbocycles. The van der Waals surface area contributed by atoms with Gasteiger partial charge in [-0.15, -0.1) is 0 Å². The zero-order valence-corrected chi connectivity index (χ0v) is 30.8. The number of aliphatic carboxylic acids is 2. The van der Waals surface area contributed by atoms with E-state index in [0.717, 1.165) is 25.8 Å². The van der Waals surface area contributed by atoms with Crippen molar-refractivity contribution in [3.05, 3.63) is 0 Å². The van der Waals surface area contributed by atoms with Crippen LogP contribution in [0.5, 0.6) is 0 Å². The highest BCUT2D eigenvalue weighted by atomic mass is 16.4. The van der Waals surface area contributed by atoms with E-state index in [1.54, 1.807) is 0 Å². The van der Waals surface area contributed by atoms with E-state index >= 15 is 0 Å². The number of carboxylic acids is 2. The van der Waals surface area contributed by atoms with Crippen LogP contribution in [0.15, 0.2) is 0 Å². The highest BCUT2D eigenvalue weighted by molar-refractivity contribution is 5.68. The largest absolute Gasteiger partial charge is 0.481 e. The second-order valence-corrected chi connectivity index (χ2v) is 14.4. The molecule has 0 fully saturated rings. The van der Waals surface area contributed by atoms with Gasteiger partial charge in [-0.25, -0.2) is 0 Å². The Hall–Kier alpha value is -1.10. The molecule has 0 saturated heterocycles. The summed E-state index contributed by atoms with van der Waals surface area (Å²) in [5.74, 6) is -1.42. The first-order valence-electron chi connectivity index (χ1n) is 20.8. The minimum atomic E-state index is -0.763. The number of carbonyl (C=O) groups is 2. The number of nitrogens with one attached hydrogen (secondary N) is 1. The Labute approximate surface area is 287 Å². The van der Waals surface area contributed by atoms with Crippen molar-refractivity contribution in [1.29, 1.82) is 0 Å². The third kappa shape index (κ3) is 42.9. The maximum Gasteiger partial charge on any atom is 0.317 e. The maximum atomic E-state index is 10.5. The van der Waals surface area contributed by atoms with Crippen LogP contribution >= 0.6 is 0 Å². The quantitative estimate of drug-likeness (QED) is 0.0573. The molecule has 0 atom stereocenters. The van der Waals surface area contributed by atoms with Crippen LogP contribution in [-0.2, 0) is 9.59 Å². The van der Waals surface area contributed by atoms with Gasteiger partial charge < -0.3 is 15.5 Å². The lowest BCUT2D eigenvalue weighted by Crippen LogP contribution is -2.23. The molecule has 0 spiro atoms. The van der Waals surface area contributed by atoms with Crippen LogP contribution < -0.4 is 5.32 Å². The fourth-order valence-corrected chi connectivity index (χ4v) is 6.73. The minimum absolute atomic E-state index is 0.0915. The molecule has 0 amide bonds. The minimum Gasteiger partial charge on any atom is -0.481 e. The van der Waals surface area contributed by atoms with Gasteiger partial charge in [-0.3, -0.25) is 9.59 Å². The monoisotopic (exact) mass is 652 g/mol. The molecular weight excluding hydrogens is 570 g/mol. The third-order valence-corrected chi connectivity index (χ3v) is 9.77. The first-order chi connectivity index (χ1) is 22.6. The van der Waals surface area contributed by atoms with Crippen LogP contribution in [0, 0.1) is 0 Å². The van der Waals surface area contributed by atoms with Gasteiger partial charge in [-0.1, -0.05) is 218 Å². The molecule has 3 N–H and O–H groups in total. The Morgan fingerprint density at radius 3 is 0.674 bits per heavy atom. The van der Waals surface area contributed by atoms with E-state index in [1.807, 2.05) is 0 Å². The summed E-state index contributed by atoms with van der Waals surface area (Å²) in [5, 5.41) is 20.2. The Morgan fingerprint density at radius 2 is 0.478 bits per heavy atom. The van der Waals surface area contributed by atoms with Gasteiger partial charge in [0.1, 0.15) is 0 Å². The Bertz CT molecular complexity index is 559. The van der Waals surface area contributed by atoms with E-state index < -0.39 is 11.9 Å². The average Bonchev–Trinajstić information content (AvgIpc) is 3.03. The van der Waals surface area contributed by atoms with Crippen LogP contribution in [0.2, 0.25) is 0 Å². The Morgan fingerprint density at radius 1 is 0.283 bits per heavy atom. The van der Waals surface area contributed by atoms with Gasteiger partial charge in [-0.2, -0.15) is 0 Å². The van der Waals surface area contributed by atoms with Crippen molar-refractivity contribution in [3.63, 3.8) is 0 Å². The normalized spacial score (nSPS) is 11.4. The van der Waals surface area contributed by atoms with Crippen LogP contribution in [0.1, 0.15) is 238 Å². The summed E-state index contributed by atoms with van der Waals surface area (Å²) in [4.78, 5) is 20.9. The fraction of sp³-hybridized carbons (Fsp3) is 0.951. The van der Waals surface area contributed by atoms with Gasteiger partial charge >= 0.3 is 11.9 Å². The summed E-state index contributed by atoms with van der Waals surface area (Å²) in [6.45, 7) is 0.925. The summed E-state index contributed by atoms with van der Waals surface area (Å²) < 4.78 is 0. The summed E-state index contributed by atoms with van der Waals surface area (Å²) in [6, 6.07) is 0. The van der Waals surface area contributed by atoms with E-state index in [1.165, 1.54) is 212 Å². The molecule has 0 bridgehead atoms. The number of carboxylic acid groups (broad SMARTS) is 2. The lowest BCUT2D eigenvalue weighted by Gasteiger charge is -2.05. The van der Waals surface area contributed by atoms with Gasteiger partial charge in [0, 0.05) is 6.42 Å². The predicted molar refractivity (Wildman–Crippen MR) is 199 cm³/mol. The highest BCUT2D eigenvalue weighted by Crippen LogP contribution is 2.17. The summed E-state index contributed by atoms with van der Waals surface area (Å²) in [6.07, 6.45) is 49.7. The molecule has 0 rings (SSSR count). The third-order valence-electron chi connectivity index (χ3n) is 9.77. The zero-order valence-electron chi connectivity index (χ0n) is 30.8. The standard InChI is InChI=1S/C41H81NO4/c43-40(44)37-35-33-31-29-27-25-23-21-19-17-15-13-11-9-7-5-3-1-2-4-6-8-10-12-14-16-18-20-22-24-26-28-30-32-34-36-38-42-39-41(45)46/h42H,1-39H2,(H,43,44)(H,45,46). The molecule has 0 saturated carbocycles. The van der Waals surface area contributed by atoms with Crippen LogP contribution in [-0.4, -0.2) is 35.2 Å². The lowest BCUT2D eigenvalue weighted by molar-refractivity contribution is -0.137. The first kappa shape index (κ1) is 44.9. The molecule has 0 unspecified atom stereocenters. The van der Waals surface area contributed by atoms with E-state index in [9.17, 15) is 9.59 Å². The summed E-state index contributed by atoms with van der Waals surface area (Å²) in [5.41, 5.74) is 0. The average molecular weight is 652 g/mol. The Kier molecular flexibility index (Phi) is 39.1. The number of rotatable bonds is 41. The van der Waals surface area contributed by atoms with Crippen molar-refractivity contribution in [2.45, 2.75) is 238 Å². The molecule has 46 heavy (non-hydrogen) atoms. The number of hydrogen-bond acceptors (Lipinski definition) is 3. The van der Waals surface area contributed by atoms with Gasteiger partial charge in [0.25, 0.3) is 0 Å². The van der Waals surface area contributed by atoms with E-state index in [4.69, 9.17) is 10.2 Å². The van der Waals surface area contributed by atoms with Crippen molar-refractivity contribution in [1.82, 2.24) is 5.32 Å². The molecular formula is C41H81NO4. The van der Waals surface area contributed by atoms with Crippen molar-refractivity contribution in [2.75, 3.05) is 13.1 Å². The van der Waals surface area contributed by atoms with Crippen molar-refractivity contribution in [3.8, 4) is 0 Å². The SMILES string of the molecule is O=C(O)CCCCCCCCCCCCCCCCCCCCCCCCCCCCCCCCCCCCCCNCC(=O)O. The van der Waals surface area contributed by atoms with Crippen LogP contribution in [0.3, 0.4) is 0 Å². The molecule has 274 valence electrons. The van der Waals surface area contributed by atoms with E-state index in [-0.39, 0.29) is 6.54 Å². The molecule has 0 aromatic heterocycles. The summed E-state index contributed by atoms with van der Waals surface area (Å²) in [7, 11) is 0. The molecule has 0 aliphatic rings. The molecule has 0 aromatic rings. The molecule has 0 heterocycles. The zero-order chi connectivity index (χ0) is 33.4. The second kappa shape index (κ2) is 40.1. The fourth-order valence-electron chi connectivity index (χ4n) is 6.73. The van der Waals surface area contributed by atoms with Crippen molar-refractivity contribution in [2.24, 2.45) is 0 Å². The van der Waals surface area contributed by atoms with Crippen LogP contribution in [0.25, 0.3) is 0 Å². The molecule has 0 radical (unpaired) electrons. The van der Waals surface area contributed by atoms with Gasteiger partial charge in [0.15, 0.2) is 0 Å². The van der Waals surface area contributed by atoms with E-state index in [2.05, 4.69) is 5.32 Å². The van der Waals surface area contributed by atoms with Crippen LogP contribution in [0.4, 0.5) is 0 Å². The number of hydrogen-bond donors (Lipinski definition) is 3.